The zero-order valence-electron chi connectivity index (χ0n) is 11.3. The predicted molar refractivity (Wildman–Crippen MR) is 71.7 cm³/mol. The molecule has 2 aromatic rings. The molecule has 0 saturated heterocycles. The number of benzene rings is 1. The van der Waals surface area contributed by atoms with E-state index in [0.717, 1.165) is 22.4 Å². The van der Waals surface area contributed by atoms with Crippen LogP contribution in [0.1, 0.15) is 28.3 Å². The van der Waals surface area contributed by atoms with Crippen LogP contribution >= 0.6 is 0 Å². The third-order valence-corrected chi connectivity index (χ3v) is 3.33. The Labute approximate surface area is 107 Å². The average molecular weight is 245 g/mol. The van der Waals surface area contributed by atoms with Gasteiger partial charge in [0.05, 0.1) is 19.3 Å². The fourth-order valence-corrected chi connectivity index (χ4v) is 2.11. The molecule has 2 rings (SSSR count). The highest BCUT2D eigenvalue weighted by Gasteiger charge is 2.17. The van der Waals surface area contributed by atoms with E-state index in [1.807, 2.05) is 26.2 Å². The van der Waals surface area contributed by atoms with Gasteiger partial charge in [-0.15, -0.1) is 0 Å². The molecule has 2 N–H and O–H groups in total. The summed E-state index contributed by atoms with van der Waals surface area (Å²) in [5, 5.41) is 4.15. The van der Waals surface area contributed by atoms with Crippen molar-refractivity contribution in [2.24, 2.45) is 12.8 Å². The van der Waals surface area contributed by atoms with Crippen molar-refractivity contribution in [1.82, 2.24) is 9.78 Å². The number of aryl methyl sites for hydroxylation is 2. The SMILES string of the molecule is COc1c(C(N)c2cnn(C)c2)ccc(C)c1C. The lowest BCUT2D eigenvalue weighted by Crippen LogP contribution is -2.13. The molecular weight excluding hydrogens is 226 g/mol. The van der Waals surface area contributed by atoms with Crippen molar-refractivity contribution in [2.75, 3.05) is 7.11 Å². The number of methoxy groups -OCH3 is 1. The van der Waals surface area contributed by atoms with E-state index in [4.69, 9.17) is 10.5 Å². The Morgan fingerprint density at radius 3 is 2.61 bits per heavy atom. The summed E-state index contributed by atoms with van der Waals surface area (Å²) in [7, 11) is 3.56. The van der Waals surface area contributed by atoms with E-state index in [0.29, 0.717) is 0 Å². The summed E-state index contributed by atoms with van der Waals surface area (Å²) < 4.78 is 7.25. The third-order valence-electron chi connectivity index (χ3n) is 3.33. The van der Waals surface area contributed by atoms with Gasteiger partial charge >= 0.3 is 0 Å². The summed E-state index contributed by atoms with van der Waals surface area (Å²) in [4.78, 5) is 0. The maximum atomic E-state index is 6.29. The van der Waals surface area contributed by atoms with Crippen LogP contribution in [0, 0.1) is 13.8 Å². The molecule has 1 aromatic carbocycles. The number of nitrogens with two attached hydrogens (primary N) is 1. The minimum atomic E-state index is -0.215. The quantitative estimate of drug-likeness (QED) is 0.901. The molecule has 0 aliphatic rings. The van der Waals surface area contributed by atoms with Gasteiger partial charge in [-0.3, -0.25) is 4.68 Å². The summed E-state index contributed by atoms with van der Waals surface area (Å²) in [6, 6.07) is 3.88. The lowest BCUT2D eigenvalue weighted by atomic mass is 9.96. The van der Waals surface area contributed by atoms with Crippen LogP contribution in [-0.4, -0.2) is 16.9 Å². The van der Waals surface area contributed by atoms with Gasteiger partial charge in [0.2, 0.25) is 0 Å². The lowest BCUT2D eigenvalue weighted by molar-refractivity contribution is 0.404. The number of ether oxygens (including phenoxy) is 1. The van der Waals surface area contributed by atoms with Crippen LogP contribution < -0.4 is 10.5 Å². The number of hydrogen-bond acceptors (Lipinski definition) is 3. The molecule has 1 atom stereocenters. The molecule has 4 nitrogen and oxygen atoms in total. The molecular formula is C14H19N3O. The van der Waals surface area contributed by atoms with Crippen LogP contribution in [0.3, 0.4) is 0 Å². The van der Waals surface area contributed by atoms with Crippen molar-refractivity contribution in [3.05, 3.63) is 46.8 Å². The Balaban J connectivity index is 2.48. The Morgan fingerprint density at radius 1 is 1.33 bits per heavy atom. The molecule has 0 fully saturated rings. The molecule has 18 heavy (non-hydrogen) atoms. The first-order valence-corrected chi connectivity index (χ1v) is 5.92. The first kappa shape index (κ1) is 12.6. The molecule has 0 saturated carbocycles. The number of hydrogen-bond donors (Lipinski definition) is 1. The maximum absolute atomic E-state index is 6.29. The summed E-state index contributed by atoms with van der Waals surface area (Å²) >= 11 is 0. The number of aromatic nitrogens is 2. The van der Waals surface area contributed by atoms with E-state index in [1.54, 1.807) is 18.0 Å². The molecule has 1 unspecified atom stereocenters. The molecule has 0 amide bonds. The van der Waals surface area contributed by atoms with Crippen molar-refractivity contribution in [3.8, 4) is 5.75 Å². The van der Waals surface area contributed by atoms with Crippen molar-refractivity contribution < 1.29 is 4.74 Å². The maximum Gasteiger partial charge on any atom is 0.127 e. The van der Waals surface area contributed by atoms with Crippen LogP contribution in [0.25, 0.3) is 0 Å². The highest BCUT2D eigenvalue weighted by Crippen LogP contribution is 2.32. The highest BCUT2D eigenvalue weighted by atomic mass is 16.5. The van der Waals surface area contributed by atoms with Crippen molar-refractivity contribution >= 4 is 0 Å². The minimum Gasteiger partial charge on any atom is -0.496 e. The standard InChI is InChI=1S/C14H19N3O/c1-9-5-6-12(14(18-4)10(9)2)13(15)11-7-16-17(3)8-11/h5-8,13H,15H2,1-4H3. The Morgan fingerprint density at radius 2 is 2.06 bits per heavy atom. The smallest absolute Gasteiger partial charge is 0.127 e. The van der Waals surface area contributed by atoms with Crippen LogP contribution in [0.15, 0.2) is 24.5 Å². The molecule has 0 spiro atoms. The van der Waals surface area contributed by atoms with Gasteiger partial charge in [-0.25, -0.2) is 0 Å². The highest BCUT2D eigenvalue weighted by molar-refractivity contribution is 5.48. The minimum absolute atomic E-state index is 0.215. The van der Waals surface area contributed by atoms with E-state index >= 15 is 0 Å². The normalized spacial score (nSPS) is 12.5. The molecule has 0 aliphatic carbocycles. The molecule has 0 radical (unpaired) electrons. The molecule has 0 bridgehead atoms. The lowest BCUT2D eigenvalue weighted by Gasteiger charge is -2.17. The van der Waals surface area contributed by atoms with Gasteiger partial charge in [0.25, 0.3) is 0 Å². The molecule has 0 aliphatic heterocycles. The van der Waals surface area contributed by atoms with E-state index < -0.39 is 0 Å². The summed E-state index contributed by atoms with van der Waals surface area (Å²) in [6.07, 6.45) is 3.72. The zero-order chi connectivity index (χ0) is 13.3. The number of rotatable bonds is 3. The van der Waals surface area contributed by atoms with Gasteiger partial charge in [0, 0.05) is 24.4 Å². The van der Waals surface area contributed by atoms with Crippen LogP contribution in [0.2, 0.25) is 0 Å². The van der Waals surface area contributed by atoms with Gasteiger partial charge < -0.3 is 10.5 Å². The Kier molecular flexibility index (Phi) is 3.39. The van der Waals surface area contributed by atoms with E-state index in [-0.39, 0.29) is 6.04 Å². The van der Waals surface area contributed by atoms with Crippen LogP contribution in [-0.2, 0) is 7.05 Å². The summed E-state index contributed by atoms with van der Waals surface area (Å²) in [5.41, 5.74) is 10.6. The second kappa shape index (κ2) is 4.82. The van der Waals surface area contributed by atoms with Gasteiger partial charge in [-0.2, -0.15) is 5.10 Å². The zero-order valence-corrected chi connectivity index (χ0v) is 11.3. The molecule has 4 heteroatoms. The Bertz CT molecular complexity index is 560. The van der Waals surface area contributed by atoms with E-state index in [9.17, 15) is 0 Å². The van der Waals surface area contributed by atoms with Crippen molar-refractivity contribution in [1.29, 1.82) is 0 Å². The van der Waals surface area contributed by atoms with Gasteiger partial charge in [-0.05, 0) is 25.0 Å². The van der Waals surface area contributed by atoms with Crippen LogP contribution in [0.5, 0.6) is 5.75 Å². The summed E-state index contributed by atoms with van der Waals surface area (Å²) in [6.45, 7) is 4.12. The topological polar surface area (TPSA) is 53.1 Å². The molecule has 96 valence electrons. The van der Waals surface area contributed by atoms with Crippen LogP contribution in [0.4, 0.5) is 0 Å². The summed E-state index contributed by atoms with van der Waals surface area (Å²) in [5.74, 6) is 0.867. The van der Waals surface area contributed by atoms with Gasteiger partial charge in [0.1, 0.15) is 5.75 Å². The van der Waals surface area contributed by atoms with Crippen molar-refractivity contribution in [2.45, 2.75) is 19.9 Å². The monoisotopic (exact) mass is 245 g/mol. The average Bonchev–Trinajstić information content (AvgIpc) is 2.78. The van der Waals surface area contributed by atoms with Gasteiger partial charge in [0.15, 0.2) is 0 Å². The second-order valence-electron chi connectivity index (χ2n) is 4.55. The largest absolute Gasteiger partial charge is 0.496 e. The third kappa shape index (κ3) is 2.11. The molecule has 1 aromatic heterocycles. The van der Waals surface area contributed by atoms with Gasteiger partial charge in [-0.1, -0.05) is 12.1 Å². The predicted octanol–water partition coefficient (Wildman–Crippen LogP) is 2.09. The molecule has 1 heterocycles. The first-order chi connectivity index (χ1) is 8.54. The first-order valence-electron chi connectivity index (χ1n) is 5.92. The fraction of sp³-hybridized carbons (Fsp3) is 0.357. The fourth-order valence-electron chi connectivity index (χ4n) is 2.11. The second-order valence-corrected chi connectivity index (χ2v) is 4.55. The Hall–Kier alpha value is -1.81. The van der Waals surface area contributed by atoms with Crippen molar-refractivity contribution in [3.63, 3.8) is 0 Å². The van der Waals surface area contributed by atoms with E-state index in [2.05, 4.69) is 18.1 Å². The van der Waals surface area contributed by atoms with E-state index in [1.165, 1.54) is 5.56 Å². The number of nitrogens with zero attached hydrogens (tertiary/aromatic N) is 2.